The Morgan fingerprint density at radius 1 is 1.18 bits per heavy atom. The van der Waals surface area contributed by atoms with Gasteiger partial charge in [0, 0.05) is 15.4 Å². The second-order valence-corrected chi connectivity index (χ2v) is 5.30. The summed E-state index contributed by atoms with van der Waals surface area (Å²) in [5, 5.41) is 2.95. The highest BCUT2D eigenvalue weighted by molar-refractivity contribution is 9.10. The van der Waals surface area contributed by atoms with E-state index in [-0.39, 0.29) is 0 Å². The van der Waals surface area contributed by atoms with Gasteiger partial charge in [-0.15, -0.1) is 11.3 Å². The molecule has 0 fully saturated rings. The number of benzene rings is 1. The Bertz CT molecular complexity index is 630. The van der Waals surface area contributed by atoms with Crippen molar-refractivity contribution in [3.05, 3.63) is 52.5 Å². The van der Waals surface area contributed by atoms with E-state index in [0.29, 0.717) is 0 Å². The minimum atomic E-state index is 0.816. The third-order valence-electron chi connectivity index (χ3n) is 2.36. The Morgan fingerprint density at radius 3 is 2.88 bits per heavy atom. The van der Waals surface area contributed by atoms with Gasteiger partial charge in [-0.2, -0.15) is 0 Å². The third kappa shape index (κ3) is 2.18. The lowest BCUT2D eigenvalue weighted by molar-refractivity contribution is 0.582. The Balaban J connectivity index is 2.01. The van der Waals surface area contributed by atoms with Crippen molar-refractivity contribution >= 4 is 27.3 Å². The molecule has 0 N–H and O–H groups in total. The van der Waals surface area contributed by atoms with Crippen molar-refractivity contribution in [3.8, 4) is 22.0 Å². The molecule has 0 saturated heterocycles. The van der Waals surface area contributed by atoms with Crippen LogP contribution in [-0.2, 0) is 0 Å². The monoisotopic (exact) mass is 305 g/mol. The molecule has 3 aromatic rings. The average Bonchev–Trinajstić information content (AvgIpc) is 3.00. The second kappa shape index (κ2) is 4.47. The molecule has 1 aromatic carbocycles. The van der Waals surface area contributed by atoms with Gasteiger partial charge in [-0.3, -0.25) is 0 Å². The molecule has 4 heteroatoms. The molecule has 2 aromatic heterocycles. The van der Waals surface area contributed by atoms with E-state index in [2.05, 4.69) is 27.0 Å². The van der Waals surface area contributed by atoms with E-state index < -0.39 is 0 Å². The lowest BCUT2D eigenvalue weighted by Gasteiger charge is -1.96. The van der Waals surface area contributed by atoms with Crippen LogP contribution in [0.3, 0.4) is 0 Å². The van der Waals surface area contributed by atoms with Gasteiger partial charge in [-0.25, -0.2) is 4.98 Å². The lowest BCUT2D eigenvalue weighted by Crippen LogP contribution is -1.78. The van der Waals surface area contributed by atoms with Crippen LogP contribution in [0.2, 0.25) is 0 Å². The van der Waals surface area contributed by atoms with Crippen LogP contribution >= 0.6 is 27.3 Å². The van der Waals surface area contributed by atoms with Gasteiger partial charge in [0.25, 0.3) is 0 Å². The smallest absolute Gasteiger partial charge is 0.162 e. The summed E-state index contributed by atoms with van der Waals surface area (Å²) < 4.78 is 6.39. The summed E-state index contributed by atoms with van der Waals surface area (Å²) in [4.78, 5) is 4.57. The zero-order valence-electron chi connectivity index (χ0n) is 8.76. The highest BCUT2D eigenvalue weighted by Gasteiger charge is 2.08. The Morgan fingerprint density at radius 2 is 2.12 bits per heavy atom. The molecule has 2 heterocycles. The van der Waals surface area contributed by atoms with Crippen molar-refractivity contribution in [2.45, 2.75) is 0 Å². The fourth-order valence-corrected chi connectivity index (χ4v) is 2.76. The van der Waals surface area contributed by atoms with E-state index in [1.165, 1.54) is 0 Å². The predicted molar refractivity (Wildman–Crippen MR) is 73.0 cm³/mol. The first-order valence-electron chi connectivity index (χ1n) is 5.08. The first-order chi connectivity index (χ1) is 8.33. The minimum absolute atomic E-state index is 0.816. The van der Waals surface area contributed by atoms with Crippen molar-refractivity contribution in [1.82, 2.24) is 4.98 Å². The molecular weight excluding hydrogens is 298 g/mol. The third-order valence-corrected chi connectivity index (χ3v) is 3.71. The molecule has 0 unspecified atom stereocenters. The molecule has 17 heavy (non-hydrogen) atoms. The predicted octanol–water partition coefficient (Wildman–Crippen LogP) is 4.83. The van der Waals surface area contributed by atoms with E-state index in [0.717, 1.165) is 26.5 Å². The van der Waals surface area contributed by atoms with Gasteiger partial charge < -0.3 is 4.42 Å². The van der Waals surface area contributed by atoms with Crippen molar-refractivity contribution < 1.29 is 4.42 Å². The van der Waals surface area contributed by atoms with E-state index in [4.69, 9.17) is 4.42 Å². The Labute approximate surface area is 111 Å². The maximum atomic E-state index is 5.33. The molecule has 3 rings (SSSR count). The molecule has 0 bridgehead atoms. The van der Waals surface area contributed by atoms with Crippen LogP contribution in [-0.4, -0.2) is 4.98 Å². The van der Waals surface area contributed by atoms with E-state index in [9.17, 15) is 0 Å². The summed E-state index contributed by atoms with van der Waals surface area (Å²) in [5.74, 6) is 0.816. The number of rotatable bonds is 2. The average molecular weight is 306 g/mol. The van der Waals surface area contributed by atoms with Gasteiger partial charge >= 0.3 is 0 Å². The maximum Gasteiger partial charge on any atom is 0.162 e. The van der Waals surface area contributed by atoms with Crippen LogP contribution in [0.4, 0.5) is 0 Å². The van der Waals surface area contributed by atoms with Crippen molar-refractivity contribution in [2.75, 3.05) is 0 Å². The molecule has 84 valence electrons. The summed E-state index contributed by atoms with van der Waals surface area (Å²) in [5.41, 5.74) is 2.08. The molecule has 0 saturated carbocycles. The van der Waals surface area contributed by atoms with E-state index >= 15 is 0 Å². The number of hydrogen-bond donors (Lipinski definition) is 0. The first kappa shape index (κ1) is 10.7. The second-order valence-electron chi connectivity index (χ2n) is 3.53. The number of aromatic nitrogens is 1. The van der Waals surface area contributed by atoms with Crippen LogP contribution in [0.1, 0.15) is 0 Å². The van der Waals surface area contributed by atoms with E-state index in [1.807, 2.05) is 35.7 Å². The standard InChI is InChI=1S/C13H8BrNOS/c14-10-4-1-3-9(7-10)11-8-17-13(15-11)12-5-2-6-16-12/h1-8H. The number of furan rings is 1. The van der Waals surface area contributed by atoms with Crippen molar-refractivity contribution in [3.63, 3.8) is 0 Å². The van der Waals surface area contributed by atoms with Crippen LogP contribution in [0.5, 0.6) is 0 Å². The fraction of sp³-hybridized carbons (Fsp3) is 0. The number of nitrogens with zero attached hydrogens (tertiary/aromatic N) is 1. The maximum absolute atomic E-state index is 5.33. The quantitative estimate of drug-likeness (QED) is 0.677. The van der Waals surface area contributed by atoms with Gasteiger partial charge in [0.1, 0.15) is 0 Å². The van der Waals surface area contributed by atoms with Crippen LogP contribution in [0.15, 0.2) is 56.9 Å². The molecule has 2 nitrogen and oxygen atoms in total. The summed E-state index contributed by atoms with van der Waals surface area (Å²) >= 11 is 5.05. The summed E-state index contributed by atoms with van der Waals surface area (Å²) in [6.07, 6.45) is 1.66. The summed E-state index contributed by atoms with van der Waals surface area (Å²) in [7, 11) is 0. The minimum Gasteiger partial charge on any atom is -0.462 e. The van der Waals surface area contributed by atoms with Gasteiger partial charge in [0.15, 0.2) is 10.8 Å². The van der Waals surface area contributed by atoms with Gasteiger partial charge in [-0.05, 0) is 24.3 Å². The molecule has 0 radical (unpaired) electrons. The molecule has 0 spiro atoms. The van der Waals surface area contributed by atoms with Gasteiger partial charge in [0.2, 0.25) is 0 Å². The Hall–Kier alpha value is -1.39. The normalized spacial score (nSPS) is 10.6. The topological polar surface area (TPSA) is 26.0 Å². The number of halogens is 1. The molecular formula is C13H8BrNOS. The van der Waals surface area contributed by atoms with Crippen molar-refractivity contribution in [2.24, 2.45) is 0 Å². The van der Waals surface area contributed by atoms with Gasteiger partial charge in [-0.1, -0.05) is 28.1 Å². The van der Waals surface area contributed by atoms with Crippen LogP contribution in [0.25, 0.3) is 22.0 Å². The largest absolute Gasteiger partial charge is 0.462 e. The molecule has 0 aliphatic carbocycles. The Kier molecular flexibility index (Phi) is 2.82. The van der Waals surface area contributed by atoms with Crippen LogP contribution < -0.4 is 0 Å². The fourth-order valence-electron chi connectivity index (χ4n) is 1.57. The summed E-state index contributed by atoms with van der Waals surface area (Å²) in [6.45, 7) is 0. The zero-order valence-corrected chi connectivity index (χ0v) is 11.2. The lowest BCUT2D eigenvalue weighted by atomic mass is 10.2. The number of hydrogen-bond acceptors (Lipinski definition) is 3. The summed E-state index contributed by atoms with van der Waals surface area (Å²) in [6, 6.07) is 11.9. The van der Waals surface area contributed by atoms with Gasteiger partial charge in [0.05, 0.1) is 12.0 Å². The molecule has 0 aliphatic heterocycles. The number of thiazole rings is 1. The molecule has 0 amide bonds. The molecule has 0 atom stereocenters. The molecule has 0 aliphatic rings. The highest BCUT2D eigenvalue weighted by atomic mass is 79.9. The highest BCUT2D eigenvalue weighted by Crippen LogP contribution is 2.29. The zero-order chi connectivity index (χ0) is 11.7. The van der Waals surface area contributed by atoms with Crippen molar-refractivity contribution in [1.29, 1.82) is 0 Å². The first-order valence-corrected chi connectivity index (χ1v) is 6.75. The van der Waals surface area contributed by atoms with E-state index in [1.54, 1.807) is 17.6 Å². The van der Waals surface area contributed by atoms with Crippen LogP contribution in [0, 0.1) is 0 Å². The SMILES string of the molecule is Brc1cccc(-c2csc(-c3ccco3)n2)c1.